The Balaban J connectivity index is 1.86. The van der Waals surface area contributed by atoms with Crippen molar-refractivity contribution in [2.75, 3.05) is 6.54 Å². The molecule has 0 fully saturated rings. The summed E-state index contributed by atoms with van der Waals surface area (Å²) in [5, 5.41) is 16.7. The largest absolute Gasteiger partial charge is 0.387 e. The number of aliphatic hydroxyl groups is 1. The summed E-state index contributed by atoms with van der Waals surface area (Å²) >= 11 is 0. The van der Waals surface area contributed by atoms with Crippen molar-refractivity contribution in [2.24, 2.45) is 0 Å². The van der Waals surface area contributed by atoms with E-state index in [1.165, 1.54) is 5.56 Å². The zero-order valence-corrected chi connectivity index (χ0v) is 14.1. The number of benzene rings is 1. The summed E-state index contributed by atoms with van der Waals surface area (Å²) in [6.45, 7) is 8.38. The number of rotatable bonds is 5. The monoisotopic (exact) mass is 316 g/mol. The van der Waals surface area contributed by atoms with Gasteiger partial charge < -0.3 is 14.9 Å². The average molecular weight is 316 g/mol. The molecule has 1 aromatic heterocycles. The van der Waals surface area contributed by atoms with Crippen LogP contribution in [-0.2, 0) is 16.6 Å². The van der Waals surface area contributed by atoms with E-state index in [-0.39, 0.29) is 24.3 Å². The molecule has 2 aromatic rings. The van der Waals surface area contributed by atoms with Crippen molar-refractivity contribution in [3.63, 3.8) is 0 Å². The second-order valence-corrected chi connectivity index (χ2v) is 6.80. The minimum atomic E-state index is -0.730. The van der Waals surface area contributed by atoms with Crippen LogP contribution in [-0.4, -0.2) is 22.7 Å². The number of nitrogens with one attached hydrogen (secondary N) is 1. The van der Waals surface area contributed by atoms with Crippen molar-refractivity contribution < 1.29 is 14.4 Å². The highest BCUT2D eigenvalue weighted by atomic mass is 16.5. The van der Waals surface area contributed by atoms with Crippen LogP contribution < -0.4 is 5.32 Å². The second kappa shape index (κ2) is 6.96. The smallest absolute Gasteiger partial charge is 0.226 e. The maximum Gasteiger partial charge on any atom is 0.226 e. The number of aryl methyl sites for hydroxylation is 1. The minimum Gasteiger partial charge on any atom is -0.387 e. The van der Waals surface area contributed by atoms with Gasteiger partial charge in [-0.1, -0.05) is 50.2 Å². The van der Waals surface area contributed by atoms with Gasteiger partial charge in [-0.2, -0.15) is 0 Å². The summed E-state index contributed by atoms with van der Waals surface area (Å²) < 4.78 is 4.92. The first-order valence-corrected chi connectivity index (χ1v) is 7.73. The Morgan fingerprint density at radius 1 is 1.30 bits per heavy atom. The van der Waals surface area contributed by atoms with Gasteiger partial charge in [0.1, 0.15) is 5.76 Å². The zero-order valence-electron chi connectivity index (χ0n) is 14.1. The molecular formula is C18H24N2O3. The first-order valence-electron chi connectivity index (χ1n) is 7.73. The molecule has 0 aliphatic carbocycles. The summed E-state index contributed by atoms with van der Waals surface area (Å²) in [4.78, 5) is 11.8. The number of hydrogen-bond acceptors (Lipinski definition) is 4. The van der Waals surface area contributed by atoms with Gasteiger partial charge in [-0.3, -0.25) is 4.79 Å². The first-order chi connectivity index (χ1) is 10.8. The first kappa shape index (κ1) is 17.2. The lowest BCUT2D eigenvalue weighted by Gasteiger charge is -2.20. The minimum absolute atomic E-state index is 0.0768. The molecule has 1 atom stereocenters. The van der Waals surface area contributed by atoms with E-state index in [2.05, 4.69) is 31.2 Å². The molecule has 0 saturated heterocycles. The normalized spacial score (nSPS) is 12.9. The van der Waals surface area contributed by atoms with Crippen LogP contribution in [0.2, 0.25) is 0 Å². The zero-order chi connectivity index (χ0) is 17.0. The average Bonchev–Trinajstić information content (AvgIpc) is 2.89. The van der Waals surface area contributed by atoms with Crippen molar-refractivity contribution >= 4 is 5.91 Å². The Morgan fingerprint density at radius 2 is 1.96 bits per heavy atom. The topological polar surface area (TPSA) is 75.4 Å². The number of carbonyl (C=O) groups is 1. The number of hydrogen-bond donors (Lipinski definition) is 2. The molecule has 23 heavy (non-hydrogen) atoms. The van der Waals surface area contributed by atoms with E-state index >= 15 is 0 Å². The van der Waals surface area contributed by atoms with Gasteiger partial charge in [-0.25, -0.2) is 0 Å². The lowest BCUT2D eigenvalue weighted by molar-refractivity contribution is -0.121. The van der Waals surface area contributed by atoms with Gasteiger partial charge in [-0.05, 0) is 23.5 Å². The quantitative estimate of drug-likeness (QED) is 0.889. The van der Waals surface area contributed by atoms with E-state index in [4.69, 9.17) is 4.52 Å². The highest BCUT2D eigenvalue weighted by molar-refractivity contribution is 5.78. The van der Waals surface area contributed by atoms with Crippen LogP contribution in [0.3, 0.4) is 0 Å². The number of aliphatic hydroxyl groups excluding tert-OH is 1. The van der Waals surface area contributed by atoms with Crippen molar-refractivity contribution in [1.29, 1.82) is 0 Å². The van der Waals surface area contributed by atoms with Crippen LogP contribution in [0.25, 0.3) is 0 Å². The molecule has 1 amide bonds. The summed E-state index contributed by atoms with van der Waals surface area (Å²) in [5.74, 6) is 0.482. The van der Waals surface area contributed by atoms with Crippen LogP contribution in [0.15, 0.2) is 34.9 Å². The van der Waals surface area contributed by atoms with Crippen LogP contribution in [0, 0.1) is 6.92 Å². The Hall–Kier alpha value is -2.14. The van der Waals surface area contributed by atoms with Crippen LogP contribution in [0.4, 0.5) is 0 Å². The Kier molecular flexibility index (Phi) is 5.21. The van der Waals surface area contributed by atoms with Gasteiger partial charge in [0.2, 0.25) is 5.91 Å². The molecule has 2 rings (SSSR count). The van der Waals surface area contributed by atoms with Crippen LogP contribution in [0.1, 0.15) is 49.5 Å². The molecule has 5 nitrogen and oxygen atoms in total. The molecule has 2 N–H and O–H groups in total. The van der Waals surface area contributed by atoms with Crippen molar-refractivity contribution in [1.82, 2.24) is 10.5 Å². The number of amides is 1. The van der Waals surface area contributed by atoms with Crippen LogP contribution in [0.5, 0.6) is 0 Å². The van der Waals surface area contributed by atoms with Gasteiger partial charge in [0.15, 0.2) is 0 Å². The molecular weight excluding hydrogens is 292 g/mol. The van der Waals surface area contributed by atoms with E-state index in [9.17, 15) is 9.90 Å². The van der Waals surface area contributed by atoms with Gasteiger partial charge in [0.05, 0.1) is 18.2 Å². The Labute approximate surface area is 136 Å². The summed E-state index contributed by atoms with van der Waals surface area (Å²) in [7, 11) is 0. The van der Waals surface area contributed by atoms with Crippen molar-refractivity contribution in [3.8, 4) is 0 Å². The summed E-state index contributed by atoms with van der Waals surface area (Å²) in [6.07, 6.45) is -0.584. The van der Waals surface area contributed by atoms with E-state index in [0.717, 1.165) is 5.56 Å². The second-order valence-electron chi connectivity index (χ2n) is 6.80. The van der Waals surface area contributed by atoms with Crippen molar-refractivity contribution in [3.05, 3.63) is 52.9 Å². The fourth-order valence-electron chi connectivity index (χ4n) is 2.26. The van der Waals surface area contributed by atoms with E-state index in [0.29, 0.717) is 11.5 Å². The molecule has 0 unspecified atom stereocenters. The molecule has 0 bridgehead atoms. The Morgan fingerprint density at radius 3 is 2.48 bits per heavy atom. The van der Waals surface area contributed by atoms with Gasteiger partial charge >= 0.3 is 0 Å². The summed E-state index contributed by atoms with van der Waals surface area (Å²) in [5.41, 5.74) is 2.66. The third-order valence-corrected chi connectivity index (χ3v) is 3.67. The molecule has 1 aromatic carbocycles. The maximum absolute atomic E-state index is 11.8. The molecule has 0 aliphatic heterocycles. The predicted octanol–water partition coefficient (Wildman–Crippen LogP) is 2.67. The highest BCUT2D eigenvalue weighted by Crippen LogP contribution is 2.23. The lowest BCUT2D eigenvalue weighted by atomic mass is 9.86. The fraction of sp³-hybridized carbons (Fsp3) is 0.444. The molecule has 124 valence electrons. The number of carbonyl (C=O) groups excluding carboxylic acids is 1. The van der Waals surface area contributed by atoms with E-state index in [1.54, 1.807) is 13.0 Å². The van der Waals surface area contributed by atoms with E-state index in [1.807, 2.05) is 24.3 Å². The molecule has 1 heterocycles. The molecule has 0 spiro atoms. The van der Waals surface area contributed by atoms with Crippen molar-refractivity contribution in [2.45, 2.75) is 45.6 Å². The van der Waals surface area contributed by atoms with Gasteiger partial charge in [-0.15, -0.1) is 0 Å². The summed E-state index contributed by atoms with van der Waals surface area (Å²) in [6, 6.07) is 9.55. The fourth-order valence-corrected chi connectivity index (χ4v) is 2.26. The standard InChI is InChI=1S/C18H24N2O3/c1-12-9-15(20-23-12)10-17(22)19-11-16(21)13-5-7-14(8-6-13)18(2,3)4/h5-9,16,21H,10-11H2,1-4H3,(H,19,22)/t16-/m0/s1. The molecule has 0 saturated carbocycles. The van der Waals surface area contributed by atoms with Gasteiger partial charge in [0, 0.05) is 12.6 Å². The van der Waals surface area contributed by atoms with E-state index < -0.39 is 6.10 Å². The number of nitrogens with zero attached hydrogens (tertiary/aromatic N) is 1. The Bertz CT molecular complexity index is 654. The highest BCUT2D eigenvalue weighted by Gasteiger charge is 2.15. The molecule has 0 aliphatic rings. The van der Waals surface area contributed by atoms with Crippen LogP contribution >= 0.6 is 0 Å². The maximum atomic E-state index is 11.8. The number of aromatic nitrogens is 1. The molecule has 0 radical (unpaired) electrons. The predicted molar refractivity (Wildman–Crippen MR) is 88.1 cm³/mol. The lowest BCUT2D eigenvalue weighted by Crippen LogP contribution is -2.29. The third kappa shape index (κ3) is 4.93. The molecule has 5 heteroatoms. The van der Waals surface area contributed by atoms with Gasteiger partial charge in [0.25, 0.3) is 0 Å². The third-order valence-electron chi connectivity index (χ3n) is 3.67. The SMILES string of the molecule is Cc1cc(CC(=O)NC[C@H](O)c2ccc(C(C)(C)C)cc2)no1.